The van der Waals surface area contributed by atoms with Gasteiger partial charge < -0.3 is 5.11 Å². The zero-order chi connectivity index (χ0) is 18.2. The first-order valence-corrected chi connectivity index (χ1v) is 6.28. The fourth-order valence-electron chi connectivity index (χ4n) is 1.15. The van der Waals surface area contributed by atoms with Crippen LogP contribution in [0.1, 0.15) is 5.56 Å². The molecule has 7 nitrogen and oxygen atoms in total. The summed E-state index contributed by atoms with van der Waals surface area (Å²) in [5.41, 5.74) is -2.32. The molecule has 0 spiro atoms. The van der Waals surface area contributed by atoms with Gasteiger partial charge in [0.2, 0.25) is 0 Å². The van der Waals surface area contributed by atoms with E-state index in [-0.39, 0.29) is 0 Å². The van der Waals surface area contributed by atoms with Gasteiger partial charge in [-0.25, -0.2) is 17.6 Å². The lowest BCUT2D eigenvalue weighted by Gasteiger charge is -2.15. The molecular formula is C8F7N4O3S-. The number of alkyl halides is 3. The van der Waals surface area contributed by atoms with Gasteiger partial charge in [-0.2, -0.15) is 26.0 Å². The van der Waals surface area contributed by atoms with Gasteiger partial charge in [-0.3, -0.25) is 0 Å². The van der Waals surface area contributed by atoms with Gasteiger partial charge in [0.05, 0.1) is 5.56 Å². The van der Waals surface area contributed by atoms with Gasteiger partial charge in [0.15, 0.2) is 23.3 Å². The molecule has 126 valence electrons. The lowest BCUT2D eigenvalue weighted by Crippen LogP contribution is -2.29. The molecule has 0 fully saturated rings. The number of rotatable bonds is 3. The summed E-state index contributed by atoms with van der Waals surface area (Å²) in [4.78, 5) is 1.83. The van der Waals surface area contributed by atoms with Crippen molar-refractivity contribution >= 4 is 21.6 Å². The van der Waals surface area contributed by atoms with Gasteiger partial charge in [0.1, 0.15) is 5.69 Å². The molecule has 0 radical (unpaired) electrons. The average molecular weight is 365 g/mol. The molecule has 0 saturated heterocycles. The SMILES string of the molecule is [N-]=[N+]=Nc1c(F)c(F)c(/C([O-])=N/S(=O)(=O)C(F)(F)F)c(F)c1F. The van der Waals surface area contributed by atoms with E-state index >= 15 is 0 Å². The number of sulfonamides is 1. The number of hydrogen-bond donors (Lipinski definition) is 0. The highest BCUT2D eigenvalue weighted by Gasteiger charge is 2.46. The molecule has 0 N–H and O–H groups in total. The molecule has 1 rings (SSSR count). The van der Waals surface area contributed by atoms with Crippen LogP contribution >= 0.6 is 0 Å². The Kier molecular flexibility index (Phi) is 4.77. The first-order chi connectivity index (χ1) is 10.3. The minimum Gasteiger partial charge on any atom is -0.857 e. The Labute approximate surface area is 121 Å². The summed E-state index contributed by atoms with van der Waals surface area (Å²) in [6.45, 7) is 0. The Hall–Kier alpha value is -2.54. The van der Waals surface area contributed by atoms with E-state index in [0.717, 1.165) is 0 Å². The lowest BCUT2D eigenvalue weighted by molar-refractivity contribution is -0.213. The highest BCUT2D eigenvalue weighted by molar-refractivity contribution is 7.91. The predicted octanol–water partition coefficient (Wildman–Crippen LogP) is 2.14. The largest absolute Gasteiger partial charge is 0.857 e. The smallest absolute Gasteiger partial charge is 0.518 e. The van der Waals surface area contributed by atoms with Crippen LogP contribution in [0.15, 0.2) is 9.51 Å². The molecule has 0 saturated carbocycles. The van der Waals surface area contributed by atoms with E-state index in [0.29, 0.717) is 0 Å². The normalized spacial score (nSPS) is 12.9. The molecule has 0 aliphatic carbocycles. The quantitative estimate of drug-likeness (QED) is 0.155. The number of halogens is 7. The summed E-state index contributed by atoms with van der Waals surface area (Å²) in [5, 5.41) is 13.4. The molecule has 1 aromatic rings. The zero-order valence-electron chi connectivity index (χ0n) is 10.1. The molecule has 1 aromatic carbocycles. The maximum absolute atomic E-state index is 13.4. The molecular weight excluding hydrogens is 365 g/mol. The molecule has 0 amide bonds. The molecule has 15 heteroatoms. The Balaban J connectivity index is 3.73. The Morgan fingerprint density at radius 3 is 1.83 bits per heavy atom. The summed E-state index contributed by atoms with van der Waals surface area (Å²) < 4.78 is 112. The predicted molar refractivity (Wildman–Crippen MR) is 56.6 cm³/mol. The monoisotopic (exact) mass is 365 g/mol. The summed E-state index contributed by atoms with van der Waals surface area (Å²) in [6, 6.07) is 0. The molecule has 0 unspecified atom stereocenters. The van der Waals surface area contributed by atoms with Crippen molar-refractivity contribution in [2.24, 2.45) is 9.51 Å². The maximum atomic E-state index is 13.4. The van der Waals surface area contributed by atoms with Crippen molar-refractivity contribution in [1.29, 1.82) is 0 Å². The summed E-state index contributed by atoms with van der Waals surface area (Å²) >= 11 is 0. The van der Waals surface area contributed by atoms with Crippen LogP contribution in [0.3, 0.4) is 0 Å². The van der Waals surface area contributed by atoms with E-state index in [9.17, 15) is 44.3 Å². The van der Waals surface area contributed by atoms with E-state index in [1.54, 1.807) is 0 Å². The highest BCUT2D eigenvalue weighted by atomic mass is 32.2. The number of azide groups is 1. The van der Waals surface area contributed by atoms with Crippen LogP contribution < -0.4 is 5.11 Å². The zero-order valence-corrected chi connectivity index (χ0v) is 10.9. The van der Waals surface area contributed by atoms with Gasteiger partial charge in [-0.1, -0.05) is 5.11 Å². The summed E-state index contributed by atoms with van der Waals surface area (Å²) in [5.74, 6) is -12.8. The third kappa shape index (κ3) is 3.29. The molecule has 0 aliphatic heterocycles. The first kappa shape index (κ1) is 18.5. The third-order valence-corrected chi connectivity index (χ3v) is 3.09. The molecule has 23 heavy (non-hydrogen) atoms. The molecule has 0 atom stereocenters. The number of nitrogens with zero attached hydrogens (tertiary/aromatic N) is 4. The van der Waals surface area contributed by atoms with E-state index in [2.05, 4.69) is 5.11 Å². The summed E-state index contributed by atoms with van der Waals surface area (Å²) in [7, 11) is -6.51. The van der Waals surface area contributed by atoms with E-state index in [1.165, 1.54) is 4.40 Å². The topological polar surface area (TPSA) is 118 Å². The van der Waals surface area contributed by atoms with Crippen molar-refractivity contribution in [2.75, 3.05) is 0 Å². The third-order valence-electron chi connectivity index (χ3n) is 2.09. The van der Waals surface area contributed by atoms with Crippen LogP contribution in [0.4, 0.5) is 36.4 Å². The first-order valence-electron chi connectivity index (χ1n) is 4.84. The fraction of sp³-hybridized carbons (Fsp3) is 0.125. The fourth-order valence-corrected chi connectivity index (χ4v) is 1.56. The van der Waals surface area contributed by atoms with Gasteiger partial charge in [-0.15, -0.1) is 0 Å². The van der Waals surface area contributed by atoms with Crippen molar-refractivity contribution in [3.63, 3.8) is 0 Å². The van der Waals surface area contributed by atoms with Crippen molar-refractivity contribution < 1.29 is 44.3 Å². The summed E-state index contributed by atoms with van der Waals surface area (Å²) in [6.07, 6.45) is 0. The van der Waals surface area contributed by atoms with Crippen molar-refractivity contribution in [3.8, 4) is 0 Å². The van der Waals surface area contributed by atoms with Crippen LogP contribution in [-0.2, 0) is 10.0 Å². The van der Waals surface area contributed by atoms with Crippen molar-refractivity contribution in [3.05, 3.63) is 39.3 Å². The van der Waals surface area contributed by atoms with Crippen LogP contribution in [-0.4, -0.2) is 19.8 Å². The van der Waals surface area contributed by atoms with Crippen LogP contribution in [0.2, 0.25) is 0 Å². The average Bonchev–Trinajstić information content (AvgIpc) is 2.40. The second-order valence-electron chi connectivity index (χ2n) is 3.49. The second kappa shape index (κ2) is 5.92. The van der Waals surface area contributed by atoms with Crippen molar-refractivity contribution in [2.45, 2.75) is 5.51 Å². The second-order valence-corrected chi connectivity index (χ2v) is 5.08. The molecule has 0 bridgehead atoms. The number of hydrogen-bond acceptors (Lipinski definition) is 4. The van der Waals surface area contributed by atoms with Gasteiger partial charge in [-0.05, 0) is 5.53 Å². The number of benzene rings is 1. The lowest BCUT2D eigenvalue weighted by atomic mass is 10.1. The van der Waals surface area contributed by atoms with Crippen LogP contribution in [0, 0.1) is 23.3 Å². The Morgan fingerprint density at radius 1 is 1.04 bits per heavy atom. The highest BCUT2D eigenvalue weighted by Crippen LogP contribution is 2.31. The van der Waals surface area contributed by atoms with E-state index in [4.69, 9.17) is 5.53 Å². The van der Waals surface area contributed by atoms with Gasteiger partial charge >= 0.3 is 15.5 Å². The van der Waals surface area contributed by atoms with E-state index in [1.807, 2.05) is 4.91 Å². The van der Waals surface area contributed by atoms with Crippen LogP contribution in [0.5, 0.6) is 0 Å². The minimum absolute atomic E-state index is 1.52. The standard InChI is InChI=1S/C8HF7N4O3S/c9-2-1(7(20)18-23(21,22)8(13,14)15)3(10)5(12)6(4(2)11)17-19-16/h(H,18,20)/p-1. The minimum atomic E-state index is -6.51. The maximum Gasteiger partial charge on any atom is 0.518 e. The Morgan fingerprint density at radius 2 is 1.48 bits per heavy atom. The molecule has 0 aliphatic rings. The molecule has 0 aromatic heterocycles. The molecule has 0 heterocycles. The van der Waals surface area contributed by atoms with Gasteiger partial charge in [0, 0.05) is 10.8 Å². The van der Waals surface area contributed by atoms with Crippen LogP contribution in [0.25, 0.3) is 10.4 Å². The van der Waals surface area contributed by atoms with Gasteiger partial charge in [0.25, 0.3) is 0 Å². The van der Waals surface area contributed by atoms with Crippen molar-refractivity contribution in [1.82, 2.24) is 0 Å². The van der Waals surface area contributed by atoms with E-state index < -0.39 is 55.9 Å². The Bertz CT molecular complexity index is 813.